The molecule has 0 bridgehead atoms. The minimum Gasteiger partial charge on any atom is -0.383 e. The number of fused-ring (bicyclic) bond motifs is 1. The van der Waals surface area contributed by atoms with E-state index in [2.05, 4.69) is 20.3 Å². The summed E-state index contributed by atoms with van der Waals surface area (Å²) in [6.07, 6.45) is -3.09. The average molecular weight is 328 g/mol. The van der Waals surface area contributed by atoms with E-state index >= 15 is 0 Å². The average Bonchev–Trinajstić information content (AvgIpc) is 3.02. The first kappa shape index (κ1) is 14.7. The Morgan fingerprint density at radius 1 is 1.41 bits per heavy atom. The first-order valence-electron chi connectivity index (χ1n) is 6.30. The molecular formula is C12H11F3N6S. The van der Waals surface area contributed by atoms with Crippen molar-refractivity contribution in [2.24, 2.45) is 0 Å². The molecule has 0 aliphatic carbocycles. The summed E-state index contributed by atoms with van der Waals surface area (Å²) in [6, 6.07) is 2.45. The lowest BCUT2D eigenvalue weighted by Gasteiger charge is -2.02. The number of rotatable bonds is 3. The van der Waals surface area contributed by atoms with Gasteiger partial charge in [-0.15, -0.1) is 11.8 Å². The highest BCUT2D eigenvalue weighted by Gasteiger charge is 2.34. The van der Waals surface area contributed by atoms with Crippen molar-refractivity contribution in [3.63, 3.8) is 0 Å². The van der Waals surface area contributed by atoms with Gasteiger partial charge in [-0.1, -0.05) is 6.92 Å². The van der Waals surface area contributed by atoms with E-state index < -0.39 is 11.9 Å². The van der Waals surface area contributed by atoms with Crippen molar-refractivity contribution in [2.45, 2.75) is 18.1 Å². The molecule has 0 radical (unpaired) electrons. The van der Waals surface area contributed by atoms with Crippen LogP contribution in [0.25, 0.3) is 16.9 Å². The lowest BCUT2D eigenvalue weighted by atomic mass is 10.2. The maximum atomic E-state index is 12.7. The van der Waals surface area contributed by atoms with E-state index in [9.17, 15) is 13.2 Å². The molecular weight excluding hydrogens is 317 g/mol. The highest BCUT2D eigenvalue weighted by molar-refractivity contribution is 7.99. The van der Waals surface area contributed by atoms with E-state index in [4.69, 9.17) is 5.73 Å². The number of nitrogen functional groups attached to an aromatic ring is 1. The zero-order chi connectivity index (χ0) is 15.9. The molecule has 0 spiro atoms. The van der Waals surface area contributed by atoms with Crippen LogP contribution in [0.5, 0.6) is 0 Å². The lowest BCUT2D eigenvalue weighted by Crippen LogP contribution is -2.05. The molecule has 0 saturated heterocycles. The topological polar surface area (TPSA) is 84.9 Å². The van der Waals surface area contributed by atoms with E-state index in [1.54, 1.807) is 6.07 Å². The molecule has 0 aliphatic rings. The molecule has 3 aromatic rings. The van der Waals surface area contributed by atoms with Gasteiger partial charge in [0.2, 0.25) is 0 Å². The number of aromatic nitrogens is 5. The molecule has 0 fully saturated rings. The molecule has 3 heterocycles. The van der Waals surface area contributed by atoms with Gasteiger partial charge in [0.25, 0.3) is 0 Å². The quantitative estimate of drug-likeness (QED) is 0.722. The van der Waals surface area contributed by atoms with Crippen LogP contribution in [0.3, 0.4) is 0 Å². The number of nitrogens with one attached hydrogen (secondary N) is 1. The molecule has 0 aromatic carbocycles. The second-order valence-electron chi connectivity index (χ2n) is 4.39. The van der Waals surface area contributed by atoms with Gasteiger partial charge in [-0.3, -0.25) is 5.10 Å². The fraction of sp³-hybridized carbons (Fsp3) is 0.250. The molecule has 0 saturated carbocycles. The largest absolute Gasteiger partial charge is 0.435 e. The number of alkyl halides is 3. The third-order valence-corrected chi connectivity index (χ3v) is 3.77. The second-order valence-corrected chi connectivity index (χ2v) is 5.65. The number of H-pyrrole nitrogens is 1. The standard InChI is InChI=1S/C12H11F3N6S/c1-2-22-11-9(10(16)18-19-11)6-3-4-21-8(17-6)5-7(20-21)12(13,14)15/h3-5H,2H2,1H3,(H3,16,18,19). The summed E-state index contributed by atoms with van der Waals surface area (Å²) in [4.78, 5) is 4.20. The number of hydrogen-bond acceptors (Lipinski definition) is 5. The Morgan fingerprint density at radius 2 is 2.18 bits per heavy atom. The molecule has 0 atom stereocenters. The monoisotopic (exact) mass is 328 g/mol. The van der Waals surface area contributed by atoms with Gasteiger partial charge in [0, 0.05) is 12.3 Å². The number of nitrogens with zero attached hydrogens (tertiary/aromatic N) is 4. The molecule has 6 nitrogen and oxygen atoms in total. The van der Waals surface area contributed by atoms with E-state index in [0.717, 1.165) is 16.3 Å². The van der Waals surface area contributed by atoms with Crippen molar-refractivity contribution in [1.29, 1.82) is 0 Å². The molecule has 0 aliphatic heterocycles. The number of aromatic amines is 1. The number of anilines is 1. The van der Waals surface area contributed by atoms with E-state index in [0.29, 0.717) is 22.1 Å². The van der Waals surface area contributed by atoms with Gasteiger partial charge in [0.15, 0.2) is 11.3 Å². The summed E-state index contributed by atoms with van der Waals surface area (Å²) in [6.45, 7) is 1.96. The summed E-state index contributed by atoms with van der Waals surface area (Å²) in [5, 5.41) is 10.9. The third-order valence-electron chi connectivity index (χ3n) is 2.91. The number of nitrogens with two attached hydrogens (primary N) is 1. The molecule has 10 heteroatoms. The Morgan fingerprint density at radius 3 is 2.86 bits per heavy atom. The minimum absolute atomic E-state index is 0.0953. The Balaban J connectivity index is 2.11. The highest BCUT2D eigenvalue weighted by Crippen LogP contribution is 2.34. The molecule has 3 rings (SSSR count). The fourth-order valence-electron chi connectivity index (χ4n) is 1.98. The summed E-state index contributed by atoms with van der Waals surface area (Å²) >= 11 is 1.47. The Hall–Kier alpha value is -2.23. The van der Waals surface area contributed by atoms with Gasteiger partial charge < -0.3 is 5.73 Å². The SMILES string of the molecule is CCSc1n[nH]c(N)c1-c1ccn2nc(C(F)(F)F)cc2n1. The van der Waals surface area contributed by atoms with E-state index in [-0.39, 0.29) is 5.65 Å². The number of thioether (sulfide) groups is 1. The zero-order valence-corrected chi connectivity index (χ0v) is 12.2. The Bertz CT molecular complexity index is 822. The maximum absolute atomic E-state index is 12.7. The van der Waals surface area contributed by atoms with Gasteiger partial charge in [-0.25, -0.2) is 9.50 Å². The van der Waals surface area contributed by atoms with Gasteiger partial charge in [-0.2, -0.15) is 23.4 Å². The first-order chi connectivity index (χ1) is 10.4. The molecule has 0 unspecified atom stereocenters. The van der Waals surface area contributed by atoms with Crippen LogP contribution >= 0.6 is 11.8 Å². The van der Waals surface area contributed by atoms with Crippen LogP contribution in [-0.4, -0.2) is 30.5 Å². The van der Waals surface area contributed by atoms with Crippen molar-refractivity contribution in [3.05, 3.63) is 24.0 Å². The molecule has 3 N–H and O–H groups in total. The summed E-state index contributed by atoms with van der Waals surface area (Å²) in [5.74, 6) is 1.10. The van der Waals surface area contributed by atoms with Crippen LogP contribution < -0.4 is 5.73 Å². The van der Waals surface area contributed by atoms with Gasteiger partial charge in [0.05, 0.1) is 11.3 Å². The minimum atomic E-state index is -4.51. The molecule has 22 heavy (non-hydrogen) atoms. The van der Waals surface area contributed by atoms with Crippen LogP contribution in [0.2, 0.25) is 0 Å². The van der Waals surface area contributed by atoms with Gasteiger partial charge in [-0.05, 0) is 11.8 Å². The molecule has 0 amide bonds. The smallest absolute Gasteiger partial charge is 0.383 e. The zero-order valence-electron chi connectivity index (χ0n) is 11.3. The number of hydrogen-bond donors (Lipinski definition) is 2. The van der Waals surface area contributed by atoms with Gasteiger partial charge in [0.1, 0.15) is 10.8 Å². The van der Waals surface area contributed by atoms with Crippen LogP contribution in [0.15, 0.2) is 23.4 Å². The van der Waals surface area contributed by atoms with Crippen molar-refractivity contribution >= 4 is 23.2 Å². The predicted molar refractivity (Wildman–Crippen MR) is 76.4 cm³/mol. The van der Waals surface area contributed by atoms with E-state index in [1.165, 1.54) is 18.0 Å². The van der Waals surface area contributed by atoms with E-state index in [1.807, 2.05) is 6.92 Å². The molecule has 3 aromatic heterocycles. The third kappa shape index (κ3) is 2.49. The van der Waals surface area contributed by atoms with Crippen LogP contribution in [0, 0.1) is 0 Å². The van der Waals surface area contributed by atoms with Crippen molar-refractivity contribution in [3.8, 4) is 11.3 Å². The van der Waals surface area contributed by atoms with Crippen molar-refractivity contribution in [2.75, 3.05) is 11.5 Å². The normalized spacial score (nSPS) is 12.2. The van der Waals surface area contributed by atoms with Crippen molar-refractivity contribution in [1.82, 2.24) is 24.8 Å². The maximum Gasteiger partial charge on any atom is 0.435 e. The Labute approximate surface area is 126 Å². The fourth-order valence-corrected chi connectivity index (χ4v) is 2.73. The lowest BCUT2D eigenvalue weighted by molar-refractivity contribution is -0.141. The predicted octanol–water partition coefficient (Wildman–Crippen LogP) is 2.83. The summed E-state index contributed by atoms with van der Waals surface area (Å²) in [7, 11) is 0. The van der Waals surface area contributed by atoms with Crippen molar-refractivity contribution < 1.29 is 13.2 Å². The highest BCUT2D eigenvalue weighted by atomic mass is 32.2. The number of halogens is 3. The van der Waals surface area contributed by atoms with Gasteiger partial charge >= 0.3 is 6.18 Å². The summed E-state index contributed by atoms with van der Waals surface area (Å²) < 4.78 is 39.1. The Kier molecular flexibility index (Phi) is 3.47. The first-order valence-corrected chi connectivity index (χ1v) is 7.29. The van der Waals surface area contributed by atoms with Crippen LogP contribution in [0.4, 0.5) is 19.0 Å². The van der Waals surface area contributed by atoms with Crippen LogP contribution in [-0.2, 0) is 6.18 Å². The van der Waals surface area contributed by atoms with Crippen LogP contribution in [0.1, 0.15) is 12.6 Å². The second kappa shape index (κ2) is 5.20. The summed E-state index contributed by atoms with van der Waals surface area (Å²) in [5.41, 5.74) is 5.99. The molecule has 116 valence electrons.